The third kappa shape index (κ3) is 127. The Morgan fingerprint density at radius 1 is 1.20 bits per heavy atom. The SMILES string of the molecule is [CH3][Re]([CH3])([CH3])=[O]. The van der Waals surface area contributed by atoms with Crippen molar-refractivity contribution in [3.8, 4) is 0 Å². The van der Waals surface area contributed by atoms with Crippen LogP contribution in [0.3, 0.4) is 0 Å². The molecule has 1 nitrogen and oxygen atoms in total. The molecule has 0 spiro atoms. The van der Waals surface area contributed by atoms with Crippen LogP contribution in [0.4, 0.5) is 0 Å². The van der Waals surface area contributed by atoms with Crippen molar-refractivity contribution in [3.05, 3.63) is 0 Å². The van der Waals surface area contributed by atoms with Crippen molar-refractivity contribution >= 4 is 0 Å². The van der Waals surface area contributed by atoms with E-state index in [1.165, 1.54) is 0 Å². The van der Waals surface area contributed by atoms with E-state index in [1.54, 1.807) is 0 Å². The fraction of sp³-hybridized carbons (Fsp3) is 1.00. The van der Waals surface area contributed by atoms with E-state index in [0.717, 1.165) is 0 Å². The van der Waals surface area contributed by atoms with Gasteiger partial charge in [-0.2, -0.15) is 0 Å². The van der Waals surface area contributed by atoms with Crippen LogP contribution in [0.15, 0.2) is 0 Å². The first kappa shape index (κ1) is 5.46. The van der Waals surface area contributed by atoms with Crippen LogP contribution in [0.2, 0.25) is 16.2 Å². The Bertz CT molecular complexity index is 53.0. The monoisotopic (exact) mass is 248 g/mol. The molecule has 0 amide bonds. The summed E-state index contributed by atoms with van der Waals surface area (Å²) in [6, 6.07) is 0. The summed E-state index contributed by atoms with van der Waals surface area (Å²) in [6.07, 6.45) is 0. The molecule has 0 radical (unpaired) electrons. The molecule has 0 aromatic heterocycles. The molecule has 0 aliphatic carbocycles. The molecule has 0 rings (SSSR count). The maximum atomic E-state index is 10.3. The normalized spacial score (nSPS) is 15.0. The first-order valence-electron chi connectivity index (χ1n) is 1.29. The third-order valence-electron chi connectivity index (χ3n) is 0. The van der Waals surface area contributed by atoms with Gasteiger partial charge in [-0.25, -0.2) is 0 Å². The van der Waals surface area contributed by atoms with E-state index in [9.17, 15) is 3.47 Å². The second kappa shape index (κ2) is 1.28. The Hall–Kier alpha value is 0.462. The molecule has 34 valence electrons. The van der Waals surface area contributed by atoms with Crippen molar-refractivity contribution in [1.82, 2.24) is 0 Å². The van der Waals surface area contributed by atoms with Crippen LogP contribution in [0.5, 0.6) is 0 Å². The van der Waals surface area contributed by atoms with Crippen LogP contribution in [0.1, 0.15) is 0 Å². The molecule has 0 N–H and O–H groups in total. The predicted octanol–water partition coefficient (Wildman–Crippen LogP) is 1.63. The van der Waals surface area contributed by atoms with Gasteiger partial charge in [0.15, 0.2) is 0 Å². The molecule has 0 saturated heterocycles. The summed E-state index contributed by atoms with van der Waals surface area (Å²) in [4.78, 5) is 0. The second-order valence-electron chi connectivity index (χ2n) is 1.60. The van der Waals surface area contributed by atoms with Crippen molar-refractivity contribution in [2.45, 2.75) is 16.2 Å². The zero-order valence-corrected chi connectivity index (χ0v) is 6.50. The van der Waals surface area contributed by atoms with E-state index >= 15 is 0 Å². The van der Waals surface area contributed by atoms with Crippen LogP contribution in [-0.4, -0.2) is 0 Å². The Balaban J connectivity index is 3.47. The summed E-state index contributed by atoms with van der Waals surface area (Å²) in [5.41, 5.74) is 0. The Labute approximate surface area is 35.7 Å². The Kier molecular flexibility index (Phi) is 1.40. The van der Waals surface area contributed by atoms with Gasteiger partial charge < -0.3 is 0 Å². The molecule has 0 heterocycles. The number of hydrogen-bond donors (Lipinski definition) is 0. The zero-order valence-electron chi connectivity index (χ0n) is 3.79. The maximum absolute atomic E-state index is 10.3. The second-order valence-corrected chi connectivity index (χ2v) is 13.1. The van der Waals surface area contributed by atoms with Crippen molar-refractivity contribution in [1.29, 1.82) is 0 Å². The van der Waals surface area contributed by atoms with Gasteiger partial charge in [-0.05, 0) is 0 Å². The van der Waals surface area contributed by atoms with E-state index in [-0.39, 0.29) is 0 Å². The van der Waals surface area contributed by atoms with Crippen molar-refractivity contribution in [2.24, 2.45) is 0 Å². The van der Waals surface area contributed by atoms with Gasteiger partial charge in [-0.1, -0.05) is 0 Å². The van der Waals surface area contributed by atoms with E-state index < -0.39 is 15.5 Å². The molecule has 0 saturated carbocycles. The molecule has 0 unspecified atom stereocenters. The van der Waals surface area contributed by atoms with Gasteiger partial charge >= 0.3 is 35.2 Å². The summed E-state index contributed by atoms with van der Waals surface area (Å²) in [5.74, 6) is 0. The summed E-state index contributed by atoms with van der Waals surface area (Å²) < 4.78 is 10.3. The van der Waals surface area contributed by atoms with Gasteiger partial charge in [0.2, 0.25) is 0 Å². The topological polar surface area (TPSA) is 17.1 Å². The zero-order chi connectivity index (χ0) is 4.50. The molecular formula is C3H9ORe. The minimum absolute atomic E-state index is 1.83. The molecule has 0 atom stereocenters. The molecule has 0 aromatic carbocycles. The van der Waals surface area contributed by atoms with Crippen LogP contribution >= 0.6 is 0 Å². The Morgan fingerprint density at radius 3 is 1.20 bits per heavy atom. The van der Waals surface area contributed by atoms with Gasteiger partial charge in [0, 0.05) is 0 Å². The molecule has 0 fully saturated rings. The minimum atomic E-state index is -2.36. The van der Waals surface area contributed by atoms with E-state index in [4.69, 9.17) is 0 Å². The summed E-state index contributed by atoms with van der Waals surface area (Å²) in [6.45, 7) is 0. The van der Waals surface area contributed by atoms with Crippen LogP contribution < -0.4 is 0 Å². The standard InChI is InChI=1S/3CH3.O.Re/h3*1H3;;. The van der Waals surface area contributed by atoms with Crippen LogP contribution in [-0.2, 0) is 19.0 Å². The molecule has 0 aliphatic rings. The van der Waals surface area contributed by atoms with Gasteiger partial charge in [-0.15, -0.1) is 0 Å². The first-order chi connectivity index (χ1) is 2.00. The van der Waals surface area contributed by atoms with Crippen molar-refractivity contribution < 1.29 is 19.0 Å². The average molecular weight is 247 g/mol. The summed E-state index contributed by atoms with van der Waals surface area (Å²) in [7, 11) is 0. The van der Waals surface area contributed by atoms with Gasteiger partial charge in [-0.3, -0.25) is 0 Å². The fourth-order valence-electron chi connectivity index (χ4n) is 0. The molecule has 0 bridgehead atoms. The van der Waals surface area contributed by atoms with E-state index in [1.807, 2.05) is 16.2 Å². The predicted molar refractivity (Wildman–Crippen MR) is 18.3 cm³/mol. The molecule has 0 aliphatic heterocycles. The molecule has 0 aromatic rings. The van der Waals surface area contributed by atoms with E-state index in [0.29, 0.717) is 0 Å². The van der Waals surface area contributed by atoms with Gasteiger partial charge in [0.25, 0.3) is 0 Å². The van der Waals surface area contributed by atoms with Crippen molar-refractivity contribution in [2.75, 3.05) is 0 Å². The van der Waals surface area contributed by atoms with Crippen LogP contribution in [0.25, 0.3) is 0 Å². The third-order valence-corrected chi connectivity index (χ3v) is 0. The fourth-order valence-corrected chi connectivity index (χ4v) is 0. The van der Waals surface area contributed by atoms with Gasteiger partial charge in [0.1, 0.15) is 0 Å². The Morgan fingerprint density at radius 2 is 1.20 bits per heavy atom. The van der Waals surface area contributed by atoms with E-state index in [2.05, 4.69) is 0 Å². The van der Waals surface area contributed by atoms with Crippen LogP contribution in [0, 0.1) is 0 Å². The molecular weight excluding hydrogens is 238 g/mol. The average Bonchev–Trinajstić information content (AvgIpc) is 0.722. The van der Waals surface area contributed by atoms with Crippen molar-refractivity contribution in [3.63, 3.8) is 0 Å². The molecule has 5 heavy (non-hydrogen) atoms. The van der Waals surface area contributed by atoms with Gasteiger partial charge in [0.05, 0.1) is 0 Å². The number of hydrogen-bond acceptors (Lipinski definition) is 1. The quantitative estimate of drug-likeness (QED) is 0.636. The number of rotatable bonds is 0. The summed E-state index contributed by atoms with van der Waals surface area (Å²) >= 11 is -2.36. The molecule has 2 heteroatoms. The summed E-state index contributed by atoms with van der Waals surface area (Å²) in [5, 5.41) is 5.50. The first-order valence-corrected chi connectivity index (χ1v) is 10.5.